The zero-order chi connectivity index (χ0) is 53.2. The Kier molecular flexibility index (Phi) is 46.4. The van der Waals surface area contributed by atoms with Crippen molar-refractivity contribution >= 4 is 25.8 Å². The Balaban J connectivity index is 0. The molecule has 0 amide bonds. The third-order valence-electron chi connectivity index (χ3n) is 13.8. The summed E-state index contributed by atoms with van der Waals surface area (Å²) in [5, 5.41) is 42.0. The number of benzene rings is 1. The second-order valence-corrected chi connectivity index (χ2v) is 24.4. The minimum Gasteiger partial charge on any atom is -0.427 e. The second kappa shape index (κ2) is 45.1. The summed E-state index contributed by atoms with van der Waals surface area (Å²) in [6.07, 6.45) is 43.0. The summed E-state index contributed by atoms with van der Waals surface area (Å²) in [6, 6.07) is 5.89. The first-order valence-electron chi connectivity index (χ1n) is 27.8. The molecule has 15 heteroatoms. The van der Waals surface area contributed by atoms with Crippen LogP contribution in [-0.2, 0) is 15.1 Å². The molecule has 70 heavy (non-hydrogen) atoms. The Bertz CT molecular complexity index is 1240. The molecule has 0 unspecified atom stereocenters. The third kappa shape index (κ3) is 38.4. The van der Waals surface area contributed by atoms with Crippen LogP contribution in [0.1, 0.15) is 285 Å². The monoisotopic (exact) mass is 1060 g/mol. The summed E-state index contributed by atoms with van der Waals surface area (Å²) in [7, 11) is -7.60. The number of hydrogen-bond donors (Lipinski definition) is 10. The SMILES string of the molecule is CC(C)(C)c1ccc(OP(O)O)c(C(C)(C)C)c1.CCCCCCCCCCCCCCCCCCC(O)(CCCCCCCCCCCCCCCCCC)C(CO)(CO)CO.OP(O)OP(O)O. The topological polar surface area (TPSA) is 221 Å². The molecule has 1 aromatic carbocycles. The molecule has 0 spiro atoms. The molecule has 12 nitrogen and oxygen atoms in total. The summed E-state index contributed by atoms with van der Waals surface area (Å²) in [6.45, 7) is 16.1. The molecule has 0 aromatic heterocycles. The predicted octanol–water partition coefficient (Wildman–Crippen LogP) is 15.3. The van der Waals surface area contributed by atoms with Gasteiger partial charge in [-0.05, 0) is 35.3 Å². The van der Waals surface area contributed by atoms with Crippen LogP contribution in [0, 0.1) is 5.41 Å². The highest BCUT2D eigenvalue weighted by Gasteiger charge is 2.48. The fourth-order valence-corrected chi connectivity index (χ4v) is 9.85. The highest BCUT2D eigenvalue weighted by Crippen LogP contribution is 2.43. The zero-order valence-corrected chi connectivity index (χ0v) is 48.7. The van der Waals surface area contributed by atoms with Gasteiger partial charge in [-0.15, -0.1) is 0 Å². The van der Waals surface area contributed by atoms with Crippen molar-refractivity contribution in [3.8, 4) is 5.75 Å². The van der Waals surface area contributed by atoms with Crippen LogP contribution in [0.4, 0.5) is 0 Å². The van der Waals surface area contributed by atoms with Gasteiger partial charge in [0.2, 0.25) is 0 Å². The Morgan fingerprint density at radius 2 is 0.686 bits per heavy atom. The first-order valence-corrected chi connectivity index (χ1v) is 31.3. The van der Waals surface area contributed by atoms with E-state index in [1.54, 1.807) is 0 Å². The average molecular weight is 1060 g/mol. The Morgan fingerprint density at radius 1 is 0.400 bits per heavy atom. The van der Waals surface area contributed by atoms with Gasteiger partial charge in [-0.2, -0.15) is 0 Å². The van der Waals surface area contributed by atoms with E-state index in [0.29, 0.717) is 18.6 Å². The van der Waals surface area contributed by atoms with Crippen LogP contribution in [0.5, 0.6) is 5.75 Å². The van der Waals surface area contributed by atoms with E-state index in [-0.39, 0.29) is 30.7 Å². The van der Waals surface area contributed by atoms with Gasteiger partial charge in [-0.25, -0.2) is 4.31 Å². The highest BCUT2D eigenvalue weighted by atomic mass is 31.2. The number of aliphatic hydroxyl groups is 4. The highest BCUT2D eigenvalue weighted by molar-refractivity contribution is 7.53. The number of aliphatic hydroxyl groups excluding tert-OH is 3. The summed E-state index contributed by atoms with van der Waals surface area (Å²) in [5.41, 5.74) is -0.288. The van der Waals surface area contributed by atoms with Crippen molar-refractivity contribution in [3.05, 3.63) is 29.3 Å². The lowest BCUT2D eigenvalue weighted by Gasteiger charge is -2.44. The third-order valence-corrected chi connectivity index (χ3v) is 15.3. The Morgan fingerprint density at radius 3 is 0.900 bits per heavy atom. The van der Waals surface area contributed by atoms with E-state index < -0.39 is 36.8 Å². The van der Waals surface area contributed by atoms with Crippen molar-refractivity contribution in [2.45, 2.75) is 290 Å². The lowest BCUT2D eigenvalue weighted by molar-refractivity contribution is -0.162. The van der Waals surface area contributed by atoms with Gasteiger partial charge >= 0.3 is 25.8 Å². The molecule has 1 aromatic rings. The van der Waals surface area contributed by atoms with Gasteiger partial charge < -0.3 is 54.3 Å². The quantitative estimate of drug-likeness (QED) is 0.0218. The van der Waals surface area contributed by atoms with Gasteiger partial charge in [-0.1, -0.05) is 273 Å². The molecule has 0 atom stereocenters. The van der Waals surface area contributed by atoms with Crippen LogP contribution >= 0.6 is 25.8 Å². The minimum atomic E-state index is -2.61. The van der Waals surface area contributed by atoms with Crippen LogP contribution in [0.15, 0.2) is 18.2 Å². The molecular formula is C55H111O12P3. The largest absolute Gasteiger partial charge is 0.427 e. The molecule has 418 valence electrons. The normalized spacial score (nSPS) is 12.4. The summed E-state index contributed by atoms with van der Waals surface area (Å²) >= 11 is 0. The van der Waals surface area contributed by atoms with Crippen molar-refractivity contribution in [2.75, 3.05) is 19.8 Å². The molecule has 0 saturated carbocycles. The maximum atomic E-state index is 11.7. The van der Waals surface area contributed by atoms with Crippen LogP contribution in [0.2, 0.25) is 0 Å². The molecule has 0 fully saturated rings. The maximum Gasteiger partial charge on any atom is 0.391 e. The molecule has 0 saturated heterocycles. The Labute approximate surface area is 433 Å². The molecule has 0 bridgehead atoms. The predicted molar refractivity (Wildman–Crippen MR) is 297 cm³/mol. The molecule has 0 aliphatic rings. The summed E-state index contributed by atoms with van der Waals surface area (Å²) < 4.78 is 8.72. The van der Waals surface area contributed by atoms with E-state index in [2.05, 4.69) is 65.8 Å². The number of hydrogen-bond acceptors (Lipinski definition) is 12. The molecule has 0 radical (unpaired) electrons. The van der Waals surface area contributed by atoms with E-state index >= 15 is 0 Å². The maximum absolute atomic E-state index is 11.7. The first-order chi connectivity index (χ1) is 33.2. The van der Waals surface area contributed by atoms with Gasteiger partial charge in [0.1, 0.15) is 5.75 Å². The van der Waals surface area contributed by atoms with Crippen molar-refractivity contribution < 1.29 is 58.6 Å². The van der Waals surface area contributed by atoms with Gasteiger partial charge in [0, 0.05) is 5.56 Å². The van der Waals surface area contributed by atoms with Crippen LogP contribution < -0.4 is 4.52 Å². The van der Waals surface area contributed by atoms with E-state index in [9.17, 15) is 20.4 Å². The average Bonchev–Trinajstić information content (AvgIpc) is 3.28. The van der Waals surface area contributed by atoms with E-state index in [1.807, 2.05) is 12.1 Å². The lowest BCUT2D eigenvalue weighted by atomic mass is 9.68. The number of unbranched alkanes of at least 4 members (excludes halogenated alkanes) is 30. The fraction of sp³-hybridized carbons (Fsp3) is 0.891. The molecule has 0 aliphatic heterocycles. The molecule has 10 N–H and O–H groups in total. The molecule has 1 rings (SSSR count). The Hall–Kier alpha value is -0.130. The van der Waals surface area contributed by atoms with Crippen LogP contribution in [-0.4, -0.2) is 75.2 Å². The van der Waals surface area contributed by atoms with Gasteiger partial charge in [-0.3, -0.25) is 0 Å². The van der Waals surface area contributed by atoms with Crippen LogP contribution in [0.25, 0.3) is 0 Å². The van der Waals surface area contributed by atoms with Crippen LogP contribution in [0.3, 0.4) is 0 Å². The van der Waals surface area contributed by atoms with Gasteiger partial charge in [0.25, 0.3) is 0 Å². The second-order valence-electron chi connectivity index (χ2n) is 22.0. The first kappa shape index (κ1) is 71.9. The van der Waals surface area contributed by atoms with Crippen molar-refractivity contribution in [1.82, 2.24) is 0 Å². The number of rotatable bonds is 42. The van der Waals surface area contributed by atoms with E-state index in [1.165, 1.54) is 185 Å². The van der Waals surface area contributed by atoms with Crippen molar-refractivity contribution in [3.63, 3.8) is 0 Å². The van der Waals surface area contributed by atoms with Crippen molar-refractivity contribution in [2.24, 2.45) is 5.41 Å². The van der Waals surface area contributed by atoms with E-state index in [4.69, 9.17) is 33.9 Å². The lowest BCUT2D eigenvalue weighted by Crippen LogP contribution is -2.55. The van der Waals surface area contributed by atoms with E-state index in [0.717, 1.165) is 31.2 Å². The minimum absolute atomic E-state index is 0.0572. The summed E-state index contributed by atoms with van der Waals surface area (Å²) in [4.78, 5) is 49.3. The molecular weight excluding hydrogens is 946 g/mol. The zero-order valence-electron chi connectivity index (χ0n) is 46.0. The summed E-state index contributed by atoms with van der Waals surface area (Å²) in [5.74, 6) is 0.548. The fourth-order valence-electron chi connectivity index (χ4n) is 8.99. The molecule has 0 aliphatic carbocycles. The van der Waals surface area contributed by atoms with Gasteiger partial charge in [0.05, 0.1) is 30.8 Å². The van der Waals surface area contributed by atoms with Gasteiger partial charge in [0.15, 0.2) is 0 Å². The smallest absolute Gasteiger partial charge is 0.391 e. The standard InChI is InChI=1S/C41H84O4.C14H23O3P.H4O5P2/c1-3-5-7-9-11-13-15-17-19-21-23-25-27-29-31-33-35-41(45,40(37-42,38-43)39-44)36-34-32-30-28-26-24-22-20-18-16-14-12-10-8-6-4-2;1-13(2,3)10-7-8-12(17-18(15)16)11(9-10)14(4,5)6;1-6(2)5-7(3)4/h42-45H,3-39H2,1-2H3;7-9,15-16H,1-6H3;1-4H. The van der Waals surface area contributed by atoms with Crippen molar-refractivity contribution in [1.29, 1.82) is 0 Å². The molecule has 0 heterocycles.